The third kappa shape index (κ3) is 2.59. The molecule has 21 heavy (non-hydrogen) atoms. The normalized spacial score (nSPS) is 21.1. The van der Waals surface area contributed by atoms with E-state index < -0.39 is 53.4 Å². The Morgan fingerprint density at radius 2 is 1.57 bits per heavy atom. The van der Waals surface area contributed by atoms with E-state index in [1.54, 1.807) is 6.92 Å². The van der Waals surface area contributed by atoms with Crippen molar-refractivity contribution in [2.75, 3.05) is 6.61 Å². The summed E-state index contributed by atoms with van der Waals surface area (Å²) in [5, 5.41) is 0. The summed E-state index contributed by atoms with van der Waals surface area (Å²) in [4.78, 5) is 11.0. The Balaban J connectivity index is 2.45. The summed E-state index contributed by atoms with van der Waals surface area (Å²) < 4.78 is 80.1. The van der Waals surface area contributed by atoms with E-state index in [2.05, 4.69) is 9.47 Å². The van der Waals surface area contributed by atoms with Crippen molar-refractivity contribution in [2.45, 2.75) is 25.6 Å². The monoisotopic (exact) mass is 312 g/mol. The van der Waals surface area contributed by atoms with Crippen molar-refractivity contribution in [1.29, 1.82) is 0 Å². The highest BCUT2D eigenvalue weighted by Gasteiger charge is 2.46. The van der Waals surface area contributed by atoms with Crippen molar-refractivity contribution in [2.24, 2.45) is 0 Å². The molecule has 1 unspecified atom stereocenters. The van der Waals surface area contributed by atoms with E-state index in [1.165, 1.54) is 0 Å². The van der Waals surface area contributed by atoms with Crippen LogP contribution in [0.3, 0.4) is 0 Å². The summed E-state index contributed by atoms with van der Waals surface area (Å²) in [6.07, 6.45) is -0.878. The van der Waals surface area contributed by atoms with Crippen LogP contribution >= 0.6 is 0 Å². The highest BCUT2D eigenvalue weighted by molar-refractivity contribution is 5.62. The second-order valence-electron chi connectivity index (χ2n) is 4.30. The Bertz CT molecular complexity index is 562. The first-order valence-corrected chi connectivity index (χ1v) is 5.87. The van der Waals surface area contributed by atoms with E-state index >= 15 is 0 Å². The minimum absolute atomic E-state index is 0.0573. The number of benzene rings is 1. The molecule has 1 aromatic carbocycles. The van der Waals surface area contributed by atoms with Crippen molar-refractivity contribution in [1.82, 2.24) is 0 Å². The molecular weight excluding hydrogens is 303 g/mol. The maximum absolute atomic E-state index is 13.5. The summed E-state index contributed by atoms with van der Waals surface area (Å²) in [6, 6.07) is 0. The van der Waals surface area contributed by atoms with E-state index in [-0.39, 0.29) is 6.42 Å². The van der Waals surface area contributed by atoms with Crippen molar-refractivity contribution in [3.05, 3.63) is 29.1 Å². The van der Waals surface area contributed by atoms with Crippen LogP contribution in [0.1, 0.15) is 19.8 Å². The van der Waals surface area contributed by atoms with Crippen molar-refractivity contribution in [3.8, 4) is 5.75 Å². The molecule has 0 amide bonds. The number of hydrogen-bond donors (Lipinski definition) is 0. The van der Waals surface area contributed by atoms with Crippen LogP contribution in [0, 0.1) is 29.1 Å². The lowest BCUT2D eigenvalue weighted by Crippen LogP contribution is -2.39. The largest absolute Gasteiger partial charge is 0.512 e. The van der Waals surface area contributed by atoms with Crippen molar-refractivity contribution < 1.29 is 41.0 Å². The van der Waals surface area contributed by atoms with Gasteiger partial charge < -0.3 is 14.2 Å². The molecule has 0 aliphatic carbocycles. The minimum atomic E-state index is -2.30. The summed E-state index contributed by atoms with van der Waals surface area (Å²) in [7, 11) is 0. The number of cyclic esters (lactones) is 2. The number of hydrogen-bond acceptors (Lipinski definition) is 4. The Labute approximate surface area is 115 Å². The van der Waals surface area contributed by atoms with E-state index in [0.29, 0.717) is 6.42 Å². The fraction of sp³-hybridized carbons (Fsp3) is 0.417. The quantitative estimate of drug-likeness (QED) is 0.370. The maximum Gasteiger partial charge on any atom is 0.512 e. The molecule has 0 saturated carbocycles. The molecule has 4 nitrogen and oxygen atoms in total. The fourth-order valence-electron chi connectivity index (χ4n) is 1.85. The third-order valence-corrected chi connectivity index (χ3v) is 2.77. The van der Waals surface area contributed by atoms with Gasteiger partial charge in [-0.25, -0.2) is 18.0 Å². The standard InChI is InChI=1S/C12H9F5O4/c1-2-3-12(4-19-11(18)21-12)20-10-8(16)6(14)5(13)7(15)9(10)17/h2-4H2,1H3. The summed E-state index contributed by atoms with van der Waals surface area (Å²) in [5.74, 6) is -14.3. The van der Waals surface area contributed by atoms with E-state index in [1.807, 2.05) is 0 Å². The minimum Gasteiger partial charge on any atom is -0.442 e. The van der Waals surface area contributed by atoms with E-state index in [9.17, 15) is 26.7 Å². The van der Waals surface area contributed by atoms with Gasteiger partial charge in [-0.2, -0.15) is 8.78 Å². The predicted molar refractivity (Wildman–Crippen MR) is 56.9 cm³/mol. The fourth-order valence-corrected chi connectivity index (χ4v) is 1.85. The lowest BCUT2D eigenvalue weighted by Gasteiger charge is -2.26. The lowest BCUT2D eigenvalue weighted by molar-refractivity contribution is -0.120. The van der Waals surface area contributed by atoms with Gasteiger partial charge in [0.1, 0.15) is 0 Å². The molecule has 1 aliphatic rings. The molecule has 0 N–H and O–H groups in total. The molecule has 0 bridgehead atoms. The molecule has 116 valence electrons. The predicted octanol–water partition coefficient (Wildman–Crippen LogP) is 3.42. The Morgan fingerprint density at radius 1 is 1.05 bits per heavy atom. The van der Waals surface area contributed by atoms with Gasteiger partial charge in [0.25, 0.3) is 5.79 Å². The molecule has 0 radical (unpaired) electrons. The molecule has 1 aromatic rings. The van der Waals surface area contributed by atoms with Crippen LogP contribution in [0.4, 0.5) is 26.7 Å². The lowest BCUT2D eigenvalue weighted by atomic mass is 10.1. The van der Waals surface area contributed by atoms with Gasteiger partial charge in [-0.3, -0.25) is 0 Å². The maximum atomic E-state index is 13.5. The van der Waals surface area contributed by atoms with Crippen LogP contribution in [0.25, 0.3) is 0 Å². The zero-order valence-electron chi connectivity index (χ0n) is 10.6. The van der Waals surface area contributed by atoms with Gasteiger partial charge in [-0.15, -0.1) is 0 Å². The van der Waals surface area contributed by atoms with Gasteiger partial charge in [-0.1, -0.05) is 6.92 Å². The van der Waals surface area contributed by atoms with E-state index in [4.69, 9.17) is 4.74 Å². The molecule has 9 heteroatoms. The van der Waals surface area contributed by atoms with Gasteiger partial charge in [0.2, 0.25) is 34.8 Å². The molecular formula is C12H9F5O4. The highest BCUT2D eigenvalue weighted by Crippen LogP contribution is 2.35. The van der Waals surface area contributed by atoms with Gasteiger partial charge in [0, 0.05) is 6.42 Å². The first-order chi connectivity index (χ1) is 9.81. The molecule has 1 heterocycles. The molecule has 0 aromatic heterocycles. The summed E-state index contributed by atoms with van der Waals surface area (Å²) in [6.45, 7) is 1.11. The first kappa shape index (κ1) is 15.3. The van der Waals surface area contributed by atoms with Crippen LogP contribution in [0.5, 0.6) is 5.75 Å². The smallest absolute Gasteiger partial charge is 0.442 e. The van der Waals surface area contributed by atoms with Gasteiger partial charge in [-0.05, 0) is 6.42 Å². The van der Waals surface area contributed by atoms with Gasteiger partial charge >= 0.3 is 6.16 Å². The van der Waals surface area contributed by atoms with Crippen LogP contribution in [-0.2, 0) is 9.47 Å². The second kappa shape index (κ2) is 5.38. The Kier molecular flexibility index (Phi) is 3.93. The Hall–Kier alpha value is -2.06. The molecule has 1 fully saturated rings. The van der Waals surface area contributed by atoms with Crippen molar-refractivity contribution >= 4 is 6.16 Å². The summed E-state index contributed by atoms with van der Waals surface area (Å²) in [5.41, 5.74) is 0. The molecule has 2 rings (SSSR count). The SMILES string of the molecule is CCCC1(Oc2c(F)c(F)c(F)c(F)c2F)COC(=O)O1. The molecule has 0 spiro atoms. The third-order valence-electron chi connectivity index (χ3n) is 2.77. The van der Waals surface area contributed by atoms with Gasteiger partial charge in [0.05, 0.1) is 0 Å². The molecule has 1 aliphatic heterocycles. The highest BCUT2D eigenvalue weighted by atomic mass is 19.2. The number of rotatable bonds is 4. The van der Waals surface area contributed by atoms with Gasteiger partial charge in [0.15, 0.2) is 6.61 Å². The first-order valence-electron chi connectivity index (χ1n) is 5.87. The zero-order valence-corrected chi connectivity index (χ0v) is 10.6. The Morgan fingerprint density at radius 3 is 2.00 bits per heavy atom. The number of carbonyl (C=O) groups excluding carboxylic acids is 1. The number of halogens is 5. The zero-order chi connectivity index (χ0) is 15.8. The summed E-state index contributed by atoms with van der Waals surface area (Å²) >= 11 is 0. The average molecular weight is 312 g/mol. The van der Waals surface area contributed by atoms with Crippen molar-refractivity contribution in [3.63, 3.8) is 0 Å². The van der Waals surface area contributed by atoms with E-state index in [0.717, 1.165) is 0 Å². The van der Waals surface area contributed by atoms with Crippen LogP contribution < -0.4 is 4.74 Å². The average Bonchev–Trinajstić information content (AvgIpc) is 2.81. The van der Waals surface area contributed by atoms with Crippen LogP contribution in [0.2, 0.25) is 0 Å². The second-order valence-corrected chi connectivity index (χ2v) is 4.30. The molecule has 1 saturated heterocycles. The number of ether oxygens (including phenoxy) is 3. The molecule has 1 atom stereocenters. The van der Waals surface area contributed by atoms with Crippen LogP contribution in [-0.4, -0.2) is 18.5 Å². The topological polar surface area (TPSA) is 44.8 Å². The van der Waals surface area contributed by atoms with Crippen LogP contribution in [0.15, 0.2) is 0 Å². The number of carbonyl (C=O) groups is 1.